The fraction of sp³-hybridized carbons (Fsp3) is 0.579. The fourth-order valence-electron chi connectivity index (χ4n) is 3.59. The molecule has 2 saturated heterocycles. The lowest BCUT2D eigenvalue weighted by Crippen LogP contribution is -2.42. The Morgan fingerprint density at radius 3 is 2.40 bits per heavy atom. The van der Waals surface area contributed by atoms with Crippen LogP contribution in [0.3, 0.4) is 0 Å². The lowest BCUT2D eigenvalue weighted by molar-refractivity contribution is -0.120. The standard InChI is InChI=1S/C19H27N3O2.ClH/c1-14-4-2-3-13-22(14)19(24)16-5-7-17(8-6-16)21-18(23)15-9-11-20-12-10-15;/h5-8,14-15,20H,2-4,9-13H2,1H3,(H,21,23);1H. The van der Waals surface area contributed by atoms with Gasteiger partial charge in [-0.15, -0.1) is 12.4 Å². The van der Waals surface area contributed by atoms with Gasteiger partial charge in [-0.05, 0) is 76.4 Å². The van der Waals surface area contributed by atoms with Crippen molar-refractivity contribution in [3.63, 3.8) is 0 Å². The molecule has 2 aliphatic rings. The molecule has 0 saturated carbocycles. The second-order valence-electron chi connectivity index (χ2n) is 6.93. The molecule has 1 unspecified atom stereocenters. The predicted octanol–water partition coefficient (Wildman–Crippen LogP) is 3.06. The summed E-state index contributed by atoms with van der Waals surface area (Å²) in [6.07, 6.45) is 5.13. The van der Waals surface area contributed by atoms with Crippen molar-refractivity contribution in [2.75, 3.05) is 25.0 Å². The first kappa shape index (κ1) is 19.7. The molecule has 1 aromatic carbocycles. The van der Waals surface area contributed by atoms with E-state index in [1.807, 2.05) is 29.2 Å². The second-order valence-corrected chi connectivity index (χ2v) is 6.93. The topological polar surface area (TPSA) is 61.4 Å². The summed E-state index contributed by atoms with van der Waals surface area (Å²) in [7, 11) is 0. The Morgan fingerprint density at radius 2 is 1.76 bits per heavy atom. The van der Waals surface area contributed by atoms with E-state index in [0.717, 1.165) is 51.0 Å². The number of hydrogen-bond acceptors (Lipinski definition) is 3. The lowest BCUT2D eigenvalue weighted by Gasteiger charge is -2.33. The molecule has 2 amide bonds. The van der Waals surface area contributed by atoms with Crippen molar-refractivity contribution in [2.24, 2.45) is 5.92 Å². The molecular formula is C19H28ClN3O2. The second kappa shape index (κ2) is 9.20. The molecule has 2 fully saturated rings. The van der Waals surface area contributed by atoms with Crippen LogP contribution in [0.15, 0.2) is 24.3 Å². The van der Waals surface area contributed by atoms with Crippen LogP contribution in [-0.2, 0) is 4.79 Å². The van der Waals surface area contributed by atoms with Crippen LogP contribution in [0.2, 0.25) is 0 Å². The molecule has 3 rings (SSSR count). The Hall–Kier alpha value is -1.59. The highest BCUT2D eigenvalue weighted by Crippen LogP contribution is 2.21. The number of rotatable bonds is 3. The summed E-state index contributed by atoms with van der Waals surface area (Å²) in [6, 6.07) is 7.62. The van der Waals surface area contributed by atoms with Crippen LogP contribution in [0.1, 0.15) is 49.4 Å². The first-order chi connectivity index (χ1) is 11.6. The van der Waals surface area contributed by atoms with Gasteiger partial charge in [0.25, 0.3) is 5.91 Å². The maximum Gasteiger partial charge on any atom is 0.254 e. The largest absolute Gasteiger partial charge is 0.336 e. The molecule has 0 aromatic heterocycles. The minimum Gasteiger partial charge on any atom is -0.336 e. The summed E-state index contributed by atoms with van der Waals surface area (Å²) < 4.78 is 0. The monoisotopic (exact) mass is 365 g/mol. The maximum atomic E-state index is 12.6. The number of likely N-dealkylation sites (tertiary alicyclic amines) is 1. The molecule has 5 nitrogen and oxygen atoms in total. The van der Waals surface area contributed by atoms with E-state index in [-0.39, 0.29) is 30.1 Å². The molecule has 0 bridgehead atoms. The smallest absolute Gasteiger partial charge is 0.254 e. The summed E-state index contributed by atoms with van der Waals surface area (Å²) in [4.78, 5) is 26.8. The number of piperidine rings is 2. The van der Waals surface area contributed by atoms with Crippen molar-refractivity contribution < 1.29 is 9.59 Å². The number of carbonyl (C=O) groups excluding carboxylic acids is 2. The number of benzene rings is 1. The van der Waals surface area contributed by atoms with Gasteiger partial charge in [-0.3, -0.25) is 9.59 Å². The Kier molecular flexibility index (Phi) is 7.26. The number of carbonyl (C=O) groups is 2. The van der Waals surface area contributed by atoms with E-state index in [0.29, 0.717) is 11.6 Å². The van der Waals surface area contributed by atoms with Gasteiger partial charge < -0.3 is 15.5 Å². The van der Waals surface area contributed by atoms with Gasteiger partial charge in [0.1, 0.15) is 0 Å². The summed E-state index contributed by atoms with van der Waals surface area (Å²) in [5.74, 6) is 0.264. The molecule has 25 heavy (non-hydrogen) atoms. The zero-order valence-corrected chi connectivity index (χ0v) is 15.6. The third-order valence-corrected chi connectivity index (χ3v) is 5.17. The van der Waals surface area contributed by atoms with Gasteiger partial charge in [-0.25, -0.2) is 0 Å². The normalized spacial score (nSPS) is 21.3. The van der Waals surface area contributed by atoms with Gasteiger partial charge in [0.15, 0.2) is 0 Å². The van der Waals surface area contributed by atoms with E-state index in [9.17, 15) is 9.59 Å². The molecule has 0 aliphatic carbocycles. The lowest BCUT2D eigenvalue weighted by atomic mass is 9.97. The van der Waals surface area contributed by atoms with Crippen molar-refractivity contribution in [2.45, 2.75) is 45.1 Å². The van der Waals surface area contributed by atoms with E-state index in [1.165, 1.54) is 6.42 Å². The van der Waals surface area contributed by atoms with Crippen molar-refractivity contribution in [3.05, 3.63) is 29.8 Å². The number of halogens is 1. The van der Waals surface area contributed by atoms with E-state index >= 15 is 0 Å². The number of amides is 2. The minimum absolute atomic E-state index is 0. The summed E-state index contributed by atoms with van der Waals surface area (Å²) in [6.45, 7) is 4.76. The van der Waals surface area contributed by atoms with Crippen molar-refractivity contribution in [1.29, 1.82) is 0 Å². The first-order valence-electron chi connectivity index (χ1n) is 9.08. The van der Waals surface area contributed by atoms with Gasteiger partial charge in [0.2, 0.25) is 5.91 Å². The fourth-order valence-corrected chi connectivity index (χ4v) is 3.59. The van der Waals surface area contributed by atoms with Crippen LogP contribution in [-0.4, -0.2) is 42.4 Å². The molecule has 6 heteroatoms. The van der Waals surface area contributed by atoms with Crippen LogP contribution in [0.4, 0.5) is 5.69 Å². The molecular weight excluding hydrogens is 338 g/mol. The third-order valence-electron chi connectivity index (χ3n) is 5.17. The molecule has 138 valence electrons. The van der Waals surface area contributed by atoms with Crippen LogP contribution in [0, 0.1) is 5.92 Å². The Bertz CT molecular complexity index is 585. The third kappa shape index (κ3) is 4.95. The summed E-state index contributed by atoms with van der Waals surface area (Å²) in [5, 5.41) is 6.24. The zero-order chi connectivity index (χ0) is 16.9. The highest BCUT2D eigenvalue weighted by atomic mass is 35.5. The van der Waals surface area contributed by atoms with E-state index in [2.05, 4.69) is 17.6 Å². The molecule has 2 aliphatic heterocycles. The Morgan fingerprint density at radius 1 is 1.08 bits per heavy atom. The van der Waals surface area contributed by atoms with Crippen LogP contribution < -0.4 is 10.6 Å². The maximum absolute atomic E-state index is 12.6. The van der Waals surface area contributed by atoms with Crippen molar-refractivity contribution in [1.82, 2.24) is 10.2 Å². The van der Waals surface area contributed by atoms with Crippen molar-refractivity contribution >= 4 is 29.9 Å². The van der Waals surface area contributed by atoms with Crippen LogP contribution >= 0.6 is 12.4 Å². The van der Waals surface area contributed by atoms with Gasteiger partial charge in [0.05, 0.1) is 0 Å². The molecule has 2 N–H and O–H groups in total. The average Bonchev–Trinajstić information content (AvgIpc) is 2.63. The molecule has 0 spiro atoms. The first-order valence-corrected chi connectivity index (χ1v) is 9.08. The molecule has 1 atom stereocenters. The van der Waals surface area contributed by atoms with Gasteiger partial charge in [-0.1, -0.05) is 0 Å². The van der Waals surface area contributed by atoms with Gasteiger partial charge >= 0.3 is 0 Å². The van der Waals surface area contributed by atoms with Crippen LogP contribution in [0.5, 0.6) is 0 Å². The van der Waals surface area contributed by atoms with Crippen molar-refractivity contribution in [3.8, 4) is 0 Å². The summed E-state index contributed by atoms with van der Waals surface area (Å²) >= 11 is 0. The van der Waals surface area contributed by atoms with E-state index < -0.39 is 0 Å². The quantitative estimate of drug-likeness (QED) is 0.865. The zero-order valence-electron chi connectivity index (χ0n) is 14.8. The van der Waals surface area contributed by atoms with E-state index in [4.69, 9.17) is 0 Å². The van der Waals surface area contributed by atoms with E-state index in [1.54, 1.807) is 0 Å². The highest BCUT2D eigenvalue weighted by Gasteiger charge is 2.24. The Labute approximate surface area is 155 Å². The SMILES string of the molecule is CC1CCCCN1C(=O)c1ccc(NC(=O)C2CCNCC2)cc1.Cl. The highest BCUT2D eigenvalue weighted by molar-refractivity contribution is 5.96. The minimum atomic E-state index is 0. The molecule has 1 aromatic rings. The number of anilines is 1. The molecule has 2 heterocycles. The number of nitrogens with one attached hydrogen (secondary N) is 2. The average molecular weight is 366 g/mol. The molecule has 0 radical (unpaired) electrons. The van der Waals surface area contributed by atoms with Gasteiger partial charge in [0, 0.05) is 29.8 Å². The number of nitrogens with zero attached hydrogens (tertiary/aromatic N) is 1. The summed E-state index contributed by atoms with van der Waals surface area (Å²) in [5.41, 5.74) is 1.46. The number of hydrogen-bond donors (Lipinski definition) is 2. The predicted molar refractivity (Wildman–Crippen MR) is 102 cm³/mol. The van der Waals surface area contributed by atoms with Gasteiger partial charge in [-0.2, -0.15) is 0 Å². The Balaban J connectivity index is 0.00000225. The van der Waals surface area contributed by atoms with Crippen LogP contribution in [0.25, 0.3) is 0 Å².